The minimum atomic E-state index is -0.958. The third-order valence-corrected chi connectivity index (χ3v) is 0.563. The van der Waals surface area contributed by atoms with Gasteiger partial charge in [0.05, 0.1) is 6.10 Å². The summed E-state index contributed by atoms with van der Waals surface area (Å²) in [5.74, 6) is 0. The first-order chi connectivity index (χ1) is 3.13. The van der Waals surface area contributed by atoms with Crippen LogP contribution in [0.4, 0.5) is 0 Å². The Balaban J connectivity index is 2.95. The lowest BCUT2D eigenvalue weighted by Crippen LogP contribution is -2.08. The van der Waals surface area contributed by atoms with Gasteiger partial charge in [-0.1, -0.05) is 9.24 Å². The standard InChI is InChI=1S/C4H10O2P/c1-3(2)6-4(5)7/h3-4H,7H2,1-2H3. The Hall–Kier alpha value is 0.350. The van der Waals surface area contributed by atoms with Crippen molar-refractivity contribution in [2.45, 2.75) is 26.0 Å². The van der Waals surface area contributed by atoms with Gasteiger partial charge in [-0.15, -0.1) is 0 Å². The van der Waals surface area contributed by atoms with E-state index in [1.165, 1.54) is 0 Å². The van der Waals surface area contributed by atoms with Gasteiger partial charge >= 0.3 is 0 Å². The average Bonchev–Trinajstić information content (AvgIpc) is 1.27. The fourth-order valence-electron chi connectivity index (χ4n) is 0.268. The van der Waals surface area contributed by atoms with E-state index < -0.39 is 6.03 Å². The van der Waals surface area contributed by atoms with Crippen molar-refractivity contribution < 1.29 is 9.84 Å². The van der Waals surface area contributed by atoms with Crippen LogP contribution in [0.2, 0.25) is 0 Å². The molecule has 0 saturated carbocycles. The lowest BCUT2D eigenvalue weighted by atomic mass is 10.5. The van der Waals surface area contributed by atoms with E-state index in [0.717, 1.165) is 0 Å². The molecule has 0 aliphatic rings. The highest BCUT2D eigenvalue weighted by atomic mass is 31.0. The first kappa shape index (κ1) is 7.35. The van der Waals surface area contributed by atoms with Crippen LogP contribution in [0, 0.1) is 0 Å². The van der Waals surface area contributed by atoms with Crippen molar-refractivity contribution in [2.24, 2.45) is 0 Å². The van der Waals surface area contributed by atoms with Crippen molar-refractivity contribution in [1.82, 2.24) is 0 Å². The van der Waals surface area contributed by atoms with Crippen molar-refractivity contribution in [3.05, 3.63) is 0 Å². The van der Waals surface area contributed by atoms with Gasteiger partial charge in [-0.05, 0) is 13.8 Å². The summed E-state index contributed by atoms with van der Waals surface area (Å²) >= 11 is 0. The van der Waals surface area contributed by atoms with E-state index in [2.05, 4.69) is 4.74 Å². The quantitative estimate of drug-likeness (QED) is 0.395. The van der Waals surface area contributed by atoms with Crippen LogP contribution in [0.15, 0.2) is 0 Å². The maximum atomic E-state index is 10.1. The van der Waals surface area contributed by atoms with E-state index in [-0.39, 0.29) is 6.10 Å². The highest BCUT2D eigenvalue weighted by Gasteiger charge is 1.97. The second-order valence-corrected chi connectivity index (χ2v) is 2.10. The zero-order valence-electron chi connectivity index (χ0n) is 4.55. The minimum Gasteiger partial charge on any atom is -0.344 e. The molecular formula is C4H10O2P. The average molecular weight is 121 g/mol. The second-order valence-electron chi connectivity index (χ2n) is 1.55. The molecule has 1 radical (unpaired) electrons. The van der Waals surface area contributed by atoms with Gasteiger partial charge in [0, 0.05) is 0 Å². The molecule has 0 spiro atoms. The van der Waals surface area contributed by atoms with Gasteiger partial charge in [-0.3, -0.25) is 0 Å². The normalized spacial score (nSPS) is 15.0. The van der Waals surface area contributed by atoms with Gasteiger partial charge < -0.3 is 4.74 Å². The topological polar surface area (TPSA) is 29.1 Å². The first-order valence-corrected chi connectivity index (χ1v) is 2.86. The van der Waals surface area contributed by atoms with Crippen LogP contribution in [-0.2, 0) is 9.84 Å². The van der Waals surface area contributed by atoms with E-state index in [4.69, 9.17) is 0 Å². The highest BCUT2D eigenvalue weighted by molar-refractivity contribution is 7.16. The Labute approximate surface area is 46.1 Å². The Morgan fingerprint density at radius 2 is 2.00 bits per heavy atom. The predicted molar refractivity (Wildman–Crippen MR) is 30.4 cm³/mol. The lowest BCUT2D eigenvalue weighted by Gasteiger charge is -2.06. The molecule has 43 valence electrons. The van der Waals surface area contributed by atoms with Gasteiger partial charge in [0.25, 0.3) is 0 Å². The van der Waals surface area contributed by atoms with Crippen molar-refractivity contribution in [2.75, 3.05) is 0 Å². The molecule has 0 saturated heterocycles. The van der Waals surface area contributed by atoms with E-state index in [0.29, 0.717) is 0 Å². The van der Waals surface area contributed by atoms with Crippen LogP contribution in [0.1, 0.15) is 13.8 Å². The van der Waals surface area contributed by atoms with Crippen molar-refractivity contribution in [3.8, 4) is 0 Å². The molecule has 3 heteroatoms. The monoisotopic (exact) mass is 121 g/mol. The van der Waals surface area contributed by atoms with Gasteiger partial charge in [0.15, 0.2) is 0 Å². The summed E-state index contributed by atoms with van der Waals surface area (Å²) in [4.78, 5) is 0. The van der Waals surface area contributed by atoms with Gasteiger partial charge in [-0.2, -0.15) is 5.11 Å². The summed E-state index contributed by atoms with van der Waals surface area (Å²) in [6.45, 7) is 3.66. The maximum absolute atomic E-state index is 10.1. The predicted octanol–water partition coefficient (Wildman–Crippen LogP) is 1.00. The summed E-state index contributed by atoms with van der Waals surface area (Å²) in [6.07, 6.45) is 0.0417. The van der Waals surface area contributed by atoms with E-state index in [1.807, 2.05) is 23.1 Å². The number of hydrogen-bond acceptors (Lipinski definition) is 1. The van der Waals surface area contributed by atoms with E-state index in [1.54, 1.807) is 0 Å². The molecule has 2 unspecified atom stereocenters. The second kappa shape index (κ2) is 3.36. The highest BCUT2D eigenvalue weighted by Crippen LogP contribution is 2.00. The van der Waals surface area contributed by atoms with Crippen LogP contribution in [0.25, 0.3) is 0 Å². The molecule has 7 heavy (non-hydrogen) atoms. The third-order valence-electron chi connectivity index (χ3n) is 0.406. The van der Waals surface area contributed by atoms with Crippen LogP contribution in [0.3, 0.4) is 0 Å². The largest absolute Gasteiger partial charge is 0.344 e. The van der Waals surface area contributed by atoms with Crippen LogP contribution < -0.4 is 0 Å². The zero-order chi connectivity index (χ0) is 5.86. The molecule has 0 aliphatic carbocycles. The number of rotatable bonds is 2. The fourth-order valence-corrected chi connectivity index (χ4v) is 0.583. The molecular weight excluding hydrogens is 111 g/mol. The van der Waals surface area contributed by atoms with Crippen LogP contribution in [-0.4, -0.2) is 12.1 Å². The van der Waals surface area contributed by atoms with Crippen LogP contribution >= 0.6 is 9.24 Å². The molecule has 0 bridgehead atoms. The molecule has 2 atom stereocenters. The SMILES string of the molecule is CC(C)OC([O])P. The Kier molecular flexibility index (Phi) is 3.53. The Morgan fingerprint density at radius 1 is 1.57 bits per heavy atom. The van der Waals surface area contributed by atoms with Crippen LogP contribution in [0.5, 0.6) is 0 Å². The molecule has 0 aromatic rings. The molecule has 0 rings (SSSR count). The summed E-state index contributed by atoms with van der Waals surface area (Å²) in [5.41, 5.74) is 0. The molecule has 0 aliphatic heterocycles. The molecule has 0 amide bonds. The Bertz CT molecular complexity index is 39.0. The molecule has 0 aromatic heterocycles. The first-order valence-electron chi connectivity index (χ1n) is 2.20. The van der Waals surface area contributed by atoms with Crippen molar-refractivity contribution >= 4 is 9.24 Å². The van der Waals surface area contributed by atoms with Crippen molar-refractivity contribution in [1.29, 1.82) is 0 Å². The maximum Gasteiger partial charge on any atom is 0.203 e. The zero-order valence-corrected chi connectivity index (χ0v) is 5.70. The van der Waals surface area contributed by atoms with Crippen molar-refractivity contribution in [3.63, 3.8) is 0 Å². The van der Waals surface area contributed by atoms with E-state index in [9.17, 15) is 5.11 Å². The Morgan fingerprint density at radius 3 is 2.00 bits per heavy atom. The number of ether oxygens (including phenoxy) is 1. The van der Waals surface area contributed by atoms with Gasteiger partial charge in [0.1, 0.15) is 0 Å². The van der Waals surface area contributed by atoms with Gasteiger partial charge in [0.2, 0.25) is 6.03 Å². The minimum absolute atomic E-state index is 0.0417. The fraction of sp³-hybridized carbons (Fsp3) is 1.00. The molecule has 2 nitrogen and oxygen atoms in total. The van der Waals surface area contributed by atoms with E-state index >= 15 is 0 Å². The molecule has 0 aromatic carbocycles. The number of hydrogen-bond donors (Lipinski definition) is 0. The van der Waals surface area contributed by atoms with Gasteiger partial charge in [-0.25, -0.2) is 0 Å². The summed E-state index contributed by atoms with van der Waals surface area (Å²) in [7, 11) is 2.02. The summed E-state index contributed by atoms with van der Waals surface area (Å²) in [5, 5.41) is 10.1. The third kappa shape index (κ3) is 6.35. The lowest BCUT2D eigenvalue weighted by molar-refractivity contribution is -0.101. The summed E-state index contributed by atoms with van der Waals surface area (Å²) in [6, 6.07) is -0.958. The molecule has 0 heterocycles. The molecule has 0 fully saturated rings. The summed E-state index contributed by atoms with van der Waals surface area (Å²) < 4.78 is 4.66. The smallest absolute Gasteiger partial charge is 0.203 e. The molecule has 0 N–H and O–H groups in total.